The van der Waals surface area contributed by atoms with Crippen molar-refractivity contribution in [3.05, 3.63) is 64.7 Å². The standard InChI is InChI=1S/C19H23NO/c1-13(2)20(17-9-7-6-8-10-17)19(21)18-15(4)11-14(3)12-16(18)5/h6-13H,1-5H3. The molecular weight excluding hydrogens is 258 g/mol. The van der Waals surface area contributed by atoms with Gasteiger partial charge in [0.05, 0.1) is 0 Å². The summed E-state index contributed by atoms with van der Waals surface area (Å²) >= 11 is 0. The van der Waals surface area contributed by atoms with Crippen molar-refractivity contribution in [3.8, 4) is 0 Å². The Bertz CT molecular complexity index is 621. The average Bonchev–Trinajstić information content (AvgIpc) is 2.38. The molecule has 2 nitrogen and oxygen atoms in total. The first-order chi connectivity index (χ1) is 9.91. The van der Waals surface area contributed by atoms with Crippen LogP contribution in [-0.4, -0.2) is 11.9 Å². The van der Waals surface area contributed by atoms with E-state index in [1.54, 1.807) is 0 Å². The fourth-order valence-corrected chi connectivity index (χ4v) is 2.88. The minimum Gasteiger partial charge on any atom is -0.306 e. The molecule has 0 atom stereocenters. The molecule has 21 heavy (non-hydrogen) atoms. The van der Waals surface area contributed by atoms with Crippen LogP contribution in [0.5, 0.6) is 0 Å². The first-order valence-corrected chi connectivity index (χ1v) is 7.38. The fourth-order valence-electron chi connectivity index (χ4n) is 2.88. The third kappa shape index (κ3) is 3.15. The lowest BCUT2D eigenvalue weighted by molar-refractivity contribution is 0.0979. The molecule has 0 aliphatic carbocycles. The fraction of sp³-hybridized carbons (Fsp3) is 0.316. The van der Waals surface area contributed by atoms with Crippen molar-refractivity contribution in [2.24, 2.45) is 0 Å². The number of carbonyl (C=O) groups excluding carboxylic acids is 1. The molecule has 0 aliphatic heterocycles. The van der Waals surface area contributed by atoms with Crippen molar-refractivity contribution < 1.29 is 4.79 Å². The summed E-state index contributed by atoms with van der Waals surface area (Å²) < 4.78 is 0. The highest BCUT2D eigenvalue weighted by atomic mass is 16.2. The number of amides is 1. The minimum atomic E-state index is 0.0752. The summed E-state index contributed by atoms with van der Waals surface area (Å²) in [7, 11) is 0. The molecule has 0 aliphatic rings. The van der Waals surface area contributed by atoms with Gasteiger partial charge in [0.25, 0.3) is 5.91 Å². The quantitative estimate of drug-likeness (QED) is 0.800. The van der Waals surface area contributed by atoms with Crippen LogP contribution in [0, 0.1) is 20.8 Å². The van der Waals surface area contributed by atoms with Gasteiger partial charge in [-0.05, 0) is 57.9 Å². The molecule has 2 rings (SSSR count). The molecule has 2 aromatic carbocycles. The highest BCUT2D eigenvalue weighted by Gasteiger charge is 2.23. The number of anilines is 1. The highest BCUT2D eigenvalue weighted by molar-refractivity contribution is 6.08. The van der Waals surface area contributed by atoms with E-state index in [1.165, 1.54) is 5.56 Å². The van der Waals surface area contributed by atoms with Crippen molar-refractivity contribution in [2.75, 3.05) is 4.90 Å². The largest absolute Gasteiger partial charge is 0.306 e. The maximum atomic E-state index is 13.1. The van der Waals surface area contributed by atoms with Crippen molar-refractivity contribution in [1.82, 2.24) is 0 Å². The van der Waals surface area contributed by atoms with Gasteiger partial charge in [-0.15, -0.1) is 0 Å². The number of benzene rings is 2. The molecule has 0 heterocycles. The maximum absolute atomic E-state index is 13.1. The van der Waals surface area contributed by atoms with Gasteiger partial charge in [0, 0.05) is 17.3 Å². The monoisotopic (exact) mass is 281 g/mol. The first-order valence-electron chi connectivity index (χ1n) is 7.38. The smallest absolute Gasteiger partial charge is 0.259 e. The van der Waals surface area contributed by atoms with E-state index >= 15 is 0 Å². The number of para-hydroxylation sites is 1. The van der Waals surface area contributed by atoms with Gasteiger partial charge in [-0.25, -0.2) is 0 Å². The van der Waals surface area contributed by atoms with E-state index in [1.807, 2.05) is 62.9 Å². The molecule has 0 bridgehead atoms. The van der Waals surface area contributed by atoms with Gasteiger partial charge in [-0.1, -0.05) is 35.9 Å². The summed E-state index contributed by atoms with van der Waals surface area (Å²) in [5.41, 5.74) is 5.03. The molecule has 0 aromatic heterocycles. The second-order valence-electron chi connectivity index (χ2n) is 5.88. The van der Waals surface area contributed by atoms with Crippen molar-refractivity contribution in [1.29, 1.82) is 0 Å². The zero-order valence-corrected chi connectivity index (χ0v) is 13.5. The maximum Gasteiger partial charge on any atom is 0.259 e. The Balaban J connectivity index is 2.50. The van der Waals surface area contributed by atoms with Crippen LogP contribution in [0.25, 0.3) is 0 Å². The Kier molecular flexibility index (Phi) is 4.46. The molecule has 0 unspecified atom stereocenters. The van der Waals surface area contributed by atoms with Crippen molar-refractivity contribution in [2.45, 2.75) is 40.7 Å². The number of carbonyl (C=O) groups is 1. The van der Waals surface area contributed by atoms with Crippen LogP contribution in [0.15, 0.2) is 42.5 Å². The van der Waals surface area contributed by atoms with Gasteiger partial charge >= 0.3 is 0 Å². The van der Waals surface area contributed by atoms with Crippen molar-refractivity contribution in [3.63, 3.8) is 0 Å². The van der Waals surface area contributed by atoms with Crippen LogP contribution in [0.4, 0.5) is 5.69 Å². The molecule has 110 valence electrons. The van der Waals surface area contributed by atoms with E-state index in [2.05, 4.69) is 19.1 Å². The van der Waals surface area contributed by atoms with Gasteiger partial charge in [-0.2, -0.15) is 0 Å². The molecule has 1 amide bonds. The van der Waals surface area contributed by atoms with E-state index in [9.17, 15) is 4.79 Å². The van der Waals surface area contributed by atoms with E-state index < -0.39 is 0 Å². The van der Waals surface area contributed by atoms with E-state index in [-0.39, 0.29) is 11.9 Å². The summed E-state index contributed by atoms with van der Waals surface area (Å²) in [6, 6.07) is 14.1. The molecule has 2 heteroatoms. The van der Waals surface area contributed by atoms with E-state index in [0.29, 0.717) is 0 Å². The second-order valence-corrected chi connectivity index (χ2v) is 5.88. The van der Waals surface area contributed by atoms with Crippen LogP contribution < -0.4 is 4.90 Å². The number of rotatable bonds is 3. The van der Waals surface area contributed by atoms with Crippen LogP contribution in [0.1, 0.15) is 40.9 Å². The lowest BCUT2D eigenvalue weighted by Gasteiger charge is -2.28. The Morgan fingerprint density at radius 1 is 0.952 bits per heavy atom. The Morgan fingerprint density at radius 3 is 1.95 bits per heavy atom. The van der Waals surface area contributed by atoms with Crippen molar-refractivity contribution >= 4 is 11.6 Å². The zero-order chi connectivity index (χ0) is 15.6. The predicted octanol–water partition coefficient (Wildman–Crippen LogP) is 4.67. The van der Waals surface area contributed by atoms with Gasteiger partial charge < -0.3 is 4.90 Å². The summed E-state index contributed by atoms with van der Waals surface area (Å²) in [5.74, 6) is 0.0752. The molecule has 0 N–H and O–H groups in total. The summed E-state index contributed by atoms with van der Waals surface area (Å²) in [5, 5.41) is 0. The lowest BCUT2D eigenvalue weighted by atomic mass is 9.98. The molecule has 2 aromatic rings. The zero-order valence-electron chi connectivity index (χ0n) is 13.5. The van der Waals surface area contributed by atoms with E-state index in [0.717, 1.165) is 22.4 Å². The predicted molar refractivity (Wildman–Crippen MR) is 89.0 cm³/mol. The Hall–Kier alpha value is -2.09. The number of hydrogen-bond acceptors (Lipinski definition) is 1. The van der Waals surface area contributed by atoms with Crippen LogP contribution in [0.2, 0.25) is 0 Å². The third-order valence-corrected chi connectivity index (χ3v) is 3.66. The SMILES string of the molecule is Cc1cc(C)c(C(=O)N(c2ccccc2)C(C)C)c(C)c1. The summed E-state index contributed by atoms with van der Waals surface area (Å²) in [6.07, 6.45) is 0. The number of aryl methyl sites for hydroxylation is 3. The number of hydrogen-bond donors (Lipinski definition) is 0. The number of nitrogens with zero attached hydrogens (tertiary/aromatic N) is 1. The Labute approximate surface area is 127 Å². The molecular formula is C19H23NO. The molecule has 0 saturated heterocycles. The Morgan fingerprint density at radius 2 is 1.48 bits per heavy atom. The lowest BCUT2D eigenvalue weighted by Crippen LogP contribution is -2.37. The average molecular weight is 281 g/mol. The topological polar surface area (TPSA) is 20.3 Å². The van der Waals surface area contributed by atoms with Crippen LogP contribution in [0.3, 0.4) is 0 Å². The summed E-state index contributed by atoms with van der Waals surface area (Å²) in [6.45, 7) is 10.2. The molecule has 0 radical (unpaired) electrons. The highest BCUT2D eigenvalue weighted by Crippen LogP contribution is 2.24. The molecule has 0 fully saturated rings. The minimum absolute atomic E-state index is 0.0752. The van der Waals surface area contributed by atoms with Gasteiger partial charge in [0.1, 0.15) is 0 Å². The van der Waals surface area contributed by atoms with Gasteiger partial charge in [0.15, 0.2) is 0 Å². The van der Waals surface area contributed by atoms with Crippen LogP contribution >= 0.6 is 0 Å². The van der Waals surface area contributed by atoms with Gasteiger partial charge in [0.2, 0.25) is 0 Å². The first kappa shape index (κ1) is 15.3. The molecule has 0 spiro atoms. The second kappa shape index (κ2) is 6.13. The van der Waals surface area contributed by atoms with E-state index in [4.69, 9.17) is 0 Å². The third-order valence-electron chi connectivity index (χ3n) is 3.66. The summed E-state index contributed by atoms with van der Waals surface area (Å²) in [4.78, 5) is 14.9. The normalized spacial score (nSPS) is 10.8. The van der Waals surface area contributed by atoms with Gasteiger partial charge in [-0.3, -0.25) is 4.79 Å². The van der Waals surface area contributed by atoms with Crippen LogP contribution in [-0.2, 0) is 0 Å². The molecule has 0 saturated carbocycles.